The molecule has 0 unspecified atom stereocenters. The van der Waals surface area contributed by atoms with Crippen LogP contribution < -0.4 is 0 Å². The number of nitrogens with zero attached hydrogens (tertiary/aromatic N) is 3. The van der Waals surface area contributed by atoms with Gasteiger partial charge in [0.25, 0.3) is 5.91 Å². The lowest BCUT2D eigenvalue weighted by atomic mass is 9.92. The summed E-state index contributed by atoms with van der Waals surface area (Å²) in [5, 5.41) is 1.63. The number of piperidine rings is 1. The van der Waals surface area contributed by atoms with Crippen molar-refractivity contribution in [1.82, 2.24) is 14.7 Å². The summed E-state index contributed by atoms with van der Waals surface area (Å²) in [5.41, 5.74) is 2.41. The van der Waals surface area contributed by atoms with Crippen LogP contribution in [0.3, 0.4) is 0 Å². The maximum atomic E-state index is 13.8. The van der Waals surface area contributed by atoms with Gasteiger partial charge in [-0.1, -0.05) is 47.8 Å². The van der Waals surface area contributed by atoms with Crippen molar-refractivity contribution in [3.8, 4) is 0 Å². The van der Waals surface area contributed by atoms with Gasteiger partial charge in [-0.2, -0.15) is 0 Å². The number of benzene rings is 2. The Bertz CT molecular complexity index is 1380. The molecule has 2 aliphatic carbocycles. The molecule has 3 amide bonds. The molecule has 2 aromatic carbocycles. The monoisotopic (exact) mass is 615 g/mol. The van der Waals surface area contributed by atoms with Crippen LogP contribution in [0.15, 0.2) is 36.4 Å². The van der Waals surface area contributed by atoms with Crippen molar-refractivity contribution in [2.24, 2.45) is 11.3 Å². The fraction of sp³-hybridized carbons (Fsp3) is 0.531. The second-order valence-corrected chi connectivity index (χ2v) is 13.9. The van der Waals surface area contributed by atoms with E-state index in [0.717, 1.165) is 36.8 Å². The van der Waals surface area contributed by atoms with E-state index >= 15 is 0 Å². The highest BCUT2D eigenvalue weighted by Crippen LogP contribution is 2.47. The quantitative estimate of drug-likeness (QED) is 0.366. The van der Waals surface area contributed by atoms with Gasteiger partial charge in [0.1, 0.15) is 0 Å². The summed E-state index contributed by atoms with van der Waals surface area (Å²) in [7, 11) is 1.82. The Morgan fingerprint density at radius 3 is 2.17 bits per heavy atom. The Kier molecular flexibility index (Phi) is 7.80. The Balaban J connectivity index is 1.20. The zero-order valence-corrected chi connectivity index (χ0v) is 25.8. The molecule has 2 heterocycles. The second-order valence-electron chi connectivity index (χ2n) is 12.6. The first kappa shape index (κ1) is 28.8. The molecule has 41 heavy (non-hydrogen) atoms. The van der Waals surface area contributed by atoms with Crippen LogP contribution in [0.2, 0.25) is 15.1 Å². The molecule has 2 atom stereocenters. The van der Waals surface area contributed by atoms with Crippen LogP contribution in [-0.2, 0) is 9.59 Å². The Morgan fingerprint density at radius 1 is 0.854 bits per heavy atom. The van der Waals surface area contributed by atoms with Crippen molar-refractivity contribution in [1.29, 1.82) is 0 Å². The fourth-order valence-electron chi connectivity index (χ4n) is 6.54. The van der Waals surface area contributed by atoms with Crippen LogP contribution in [-0.4, -0.2) is 71.7 Å². The van der Waals surface area contributed by atoms with E-state index in [-0.39, 0.29) is 41.0 Å². The van der Waals surface area contributed by atoms with Crippen molar-refractivity contribution in [3.63, 3.8) is 0 Å². The molecule has 218 valence electrons. The Hall–Kier alpha value is -2.28. The smallest absolute Gasteiger partial charge is 0.253 e. The molecule has 6 nitrogen and oxygen atoms in total. The average Bonchev–Trinajstić information content (AvgIpc) is 3.91. The van der Waals surface area contributed by atoms with E-state index < -0.39 is 0 Å². The van der Waals surface area contributed by atoms with Crippen LogP contribution >= 0.6 is 34.8 Å². The zero-order valence-electron chi connectivity index (χ0n) is 23.5. The van der Waals surface area contributed by atoms with Crippen molar-refractivity contribution >= 4 is 52.5 Å². The molecule has 0 N–H and O–H groups in total. The fourth-order valence-corrected chi connectivity index (χ4v) is 7.12. The summed E-state index contributed by atoms with van der Waals surface area (Å²) < 4.78 is 0. The molecule has 0 bridgehead atoms. The number of carbonyl (C=O) groups excluding carboxylic acids is 3. The van der Waals surface area contributed by atoms with E-state index in [0.29, 0.717) is 65.6 Å². The lowest BCUT2D eigenvalue weighted by molar-refractivity contribution is -0.142. The predicted octanol–water partition coefficient (Wildman–Crippen LogP) is 6.63. The Morgan fingerprint density at radius 2 is 1.54 bits per heavy atom. The highest BCUT2D eigenvalue weighted by Gasteiger charge is 2.48. The minimum Gasteiger partial charge on any atom is -0.342 e. The van der Waals surface area contributed by atoms with E-state index in [1.54, 1.807) is 17.0 Å². The second kappa shape index (κ2) is 11.1. The van der Waals surface area contributed by atoms with Gasteiger partial charge in [-0.05, 0) is 85.9 Å². The normalized spacial score (nSPS) is 23.9. The van der Waals surface area contributed by atoms with Gasteiger partial charge in [-0.3, -0.25) is 14.4 Å². The van der Waals surface area contributed by atoms with Gasteiger partial charge >= 0.3 is 0 Å². The lowest BCUT2D eigenvalue weighted by Crippen LogP contribution is -2.46. The van der Waals surface area contributed by atoms with E-state index in [9.17, 15) is 14.4 Å². The van der Waals surface area contributed by atoms with Crippen molar-refractivity contribution in [2.45, 2.75) is 63.3 Å². The molecule has 2 saturated heterocycles. The Labute approximate surface area is 256 Å². The molecule has 4 fully saturated rings. The molecular weight excluding hydrogens is 581 g/mol. The molecule has 2 aromatic rings. The van der Waals surface area contributed by atoms with E-state index in [4.69, 9.17) is 34.8 Å². The van der Waals surface area contributed by atoms with Crippen LogP contribution in [0.25, 0.3) is 0 Å². The number of hydrogen-bond donors (Lipinski definition) is 0. The highest BCUT2D eigenvalue weighted by atomic mass is 35.5. The van der Waals surface area contributed by atoms with Crippen molar-refractivity contribution in [2.75, 3.05) is 33.2 Å². The largest absolute Gasteiger partial charge is 0.342 e. The topological polar surface area (TPSA) is 60.9 Å². The van der Waals surface area contributed by atoms with Crippen molar-refractivity contribution < 1.29 is 14.4 Å². The summed E-state index contributed by atoms with van der Waals surface area (Å²) in [6.07, 6.45) is 5.45. The van der Waals surface area contributed by atoms with Crippen LogP contribution in [0.1, 0.15) is 78.8 Å². The molecule has 0 aromatic heterocycles. The minimum atomic E-state index is -0.236. The van der Waals surface area contributed by atoms with Crippen LogP contribution in [0.4, 0.5) is 0 Å². The number of rotatable bonds is 6. The average molecular weight is 617 g/mol. The number of halogens is 3. The molecule has 2 saturated carbocycles. The van der Waals surface area contributed by atoms with Gasteiger partial charge in [0.2, 0.25) is 11.8 Å². The standard InChI is InChI=1S/C32H36Cl3N3O3/c1-32(11-12-32)31(41)37-13-9-20(10-14-37)30(40)38-17-24(21-5-8-26(34)27(35)16-21)28(18-38)36(2)29(39)22-6-7-25(33)23(15-22)19-3-4-19/h5-8,15-16,19-20,24,28H,3-4,9-14,17-18H2,1-2H3/t24-,28-/m0/s1. The van der Waals surface area contributed by atoms with E-state index in [2.05, 4.69) is 0 Å². The maximum absolute atomic E-state index is 13.8. The molecule has 0 radical (unpaired) electrons. The molecule has 9 heteroatoms. The molecule has 2 aliphatic heterocycles. The lowest BCUT2D eigenvalue weighted by Gasteiger charge is -2.34. The predicted molar refractivity (Wildman–Crippen MR) is 162 cm³/mol. The number of likely N-dealkylation sites (N-methyl/N-ethyl adjacent to an activating group) is 1. The van der Waals surface area contributed by atoms with Crippen LogP contribution in [0.5, 0.6) is 0 Å². The maximum Gasteiger partial charge on any atom is 0.253 e. The first-order chi connectivity index (χ1) is 19.6. The number of carbonyl (C=O) groups is 3. The molecule has 0 spiro atoms. The number of amides is 3. The third kappa shape index (κ3) is 5.72. The number of likely N-dealkylation sites (tertiary alicyclic amines) is 2. The van der Waals surface area contributed by atoms with Gasteiger partial charge in [-0.25, -0.2) is 0 Å². The van der Waals surface area contributed by atoms with Gasteiger partial charge in [0.15, 0.2) is 0 Å². The van der Waals surface area contributed by atoms with Crippen LogP contribution in [0, 0.1) is 11.3 Å². The summed E-state index contributed by atoms with van der Waals surface area (Å²) >= 11 is 19.1. The summed E-state index contributed by atoms with van der Waals surface area (Å²) in [6, 6.07) is 10.9. The summed E-state index contributed by atoms with van der Waals surface area (Å²) in [6.45, 7) is 4.21. The first-order valence-electron chi connectivity index (χ1n) is 14.7. The molecular formula is C32H36Cl3N3O3. The van der Waals surface area contributed by atoms with Crippen molar-refractivity contribution in [3.05, 3.63) is 68.2 Å². The molecule has 4 aliphatic rings. The van der Waals surface area contributed by atoms with E-state index in [1.165, 1.54) is 0 Å². The van der Waals surface area contributed by atoms with Gasteiger partial charge in [0.05, 0.1) is 16.1 Å². The third-order valence-electron chi connectivity index (χ3n) is 9.70. The SMILES string of the molecule is CN(C(=O)c1ccc(Cl)c(C2CC2)c1)[C@H]1CN(C(=O)C2CCN(C(=O)C3(C)CC3)CC2)C[C@H]1c1ccc(Cl)c(Cl)c1. The molecule has 6 rings (SSSR count). The highest BCUT2D eigenvalue weighted by molar-refractivity contribution is 6.42. The first-order valence-corrected chi connectivity index (χ1v) is 15.8. The summed E-state index contributed by atoms with van der Waals surface area (Å²) in [5.74, 6) is 0.431. The third-order valence-corrected chi connectivity index (χ3v) is 10.8. The number of hydrogen-bond acceptors (Lipinski definition) is 3. The van der Waals surface area contributed by atoms with E-state index in [1.807, 2.05) is 48.0 Å². The summed E-state index contributed by atoms with van der Waals surface area (Å²) in [4.78, 5) is 46.0. The zero-order chi connectivity index (χ0) is 29.1. The minimum absolute atomic E-state index is 0.0895. The van der Waals surface area contributed by atoms with Gasteiger partial charge in [-0.15, -0.1) is 0 Å². The van der Waals surface area contributed by atoms with Gasteiger partial charge in [0, 0.05) is 61.1 Å². The van der Waals surface area contributed by atoms with Gasteiger partial charge < -0.3 is 14.7 Å².